The molecule has 0 unspecified atom stereocenters. The number of hydrogen-bond donors (Lipinski definition) is 4. The van der Waals surface area contributed by atoms with Gasteiger partial charge in [0.05, 0.1) is 16.6 Å². The van der Waals surface area contributed by atoms with Crippen molar-refractivity contribution in [3.05, 3.63) is 70.3 Å². The summed E-state index contributed by atoms with van der Waals surface area (Å²) in [4.78, 5) is 45.5. The number of para-hydroxylation sites is 2. The lowest BCUT2D eigenvalue weighted by Gasteiger charge is -2.37. The van der Waals surface area contributed by atoms with Crippen LogP contribution in [0.15, 0.2) is 53.3 Å². The molecule has 4 atom stereocenters. The fraction of sp³-hybridized carbons (Fsp3) is 0.407. The van der Waals surface area contributed by atoms with Crippen LogP contribution in [0.2, 0.25) is 0 Å². The molecule has 2 aliphatic rings. The van der Waals surface area contributed by atoms with Crippen LogP contribution in [0.3, 0.4) is 0 Å². The predicted molar refractivity (Wildman–Crippen MR) is 136 cm³/mol. The first-order chi connectivity index (χ1) is 17.8. The Morgan fingerprint density at radius 2 is 1.71 bits per heavy atom. The van der Waals surface area contributed by atoms with Crippen molar-refractivity contribution in [1.82, 2.24) is 14.6 Å². The van der Waals surface area contributed by atoms with Crippen molar-refractivity contribution in [2.45, 2.75) is 63.6 Å². The second kappa shape index (κ2) is 8.70. The number of aliphatic hydroxyl groups is 2. The molecule has 0 radical (unpaired) electrons. The lowest BCUT2D eigenvalue weighted by atomic mass is 9.85. The Balaban J connectivity index is 1.73. The first kappa shape index (κ1) is 26.0. The number of aromatic nitrogens is 2. The zero-order chi connectivity index (χ0) is 27.7. The minimum Gasteiger partial charge on any atom is -0.480 e. The fourth-order valence-electron chi connectivity index (χ4n) is 5.54. The van der Waals surface area contributed by atoms with Gasteiger partial charge in [-0.2, -0.15) is 5.06 Å². The molecule has 1 fully saturated rings. The number of amides is 1. The fourth-order valence-corrected chi connectivity index (χ4v) is 5.54. The van der Waals surface area contributed by atoms with Gasteiger partial charge in [0, 0.05) is 12.0 Å². The average molecular weight is 523 g/mol. The number of carboxylic acid groups (broad SMARTS) is 1. The maximum atomic E-state index is 13.7. The van der Waals surface area contributed by atoms with Crippen LogP contribution < -0.4 is 10.5 Å². The third-order valence-corrected chi connectivity index (χ3v) is 7.68. The maximum absolute atomic E-state index is 13.7. The highest BCUT2D eigenvalue weighted by Gasteiger charge is 2.65. The van der Waals surface area contributed by atoms with E-state index in [1.165, 1.54) is 24.8 Å². The van der Waals surface area contributed by atoms with E-state index in [2.05, 4.69) is 4.98 Å². The van der Waals surface area contributed by atoms with Gasteiger partial charge in [0.1, 0.15) is 35.3 Å². The molecule has 200 valence electrons. The van der Waals surface area contributed by atoms with E-state index in [1.54, 1.807) is 56.3 Å². The Hall–Kier alpha value is -3.64. The number of carbonyl (C=O) groups excluding carboxylic acids is 1. The standard InChI is InChI=1S/C27H30N4O7/c1-14(2)20(32)21-28-17-11-7-5-9-15(17)22(33)29(21)19(23(34)35)13-27(37)16-10-6-8-12-18(16)30-24(27)31(38)26(3,4)25(30)36/h5-12,14,19-20,24,32,37-38H,13H2,1-4H3,(H,34,35)/t19-,20+,24+,27+/m0/s1. The molecule has 0 bridgehead atoms. The molecular formula is C27H30N4O7. The van der Waals surface area contributed by atoms with E-state index in [-0.39, 0.29) is 16.8 Å². The minimum atomic E-state index is -2.09. The summed E-state index contributed by atoms with van der Waals surface area (Å²) in [6.45, 7) is 6.42. The van der Waals surface area contributed by atoms with Crippen LogP contribution in [0, 0.1) is 5.92 Å². The molecule has 3 heterocycles. The average Bonchev–Trinajstić information content (AvgIpc) is 3.24. The summed E-state index contributed by atoms with van der Waals surface area (Å²) in [5, 5.41) is 45.6. The number of nitrogens with zero attached hydrogens (tertiary/aromatic N) is 4. The first-order valence-electron chi connectivity index (χ1n) is 12.4. The minimum absolute atomic E-state index is 0.147. The summed E-state index contributed by atoms with van der Waals surface area (Å²) < 4.78 is 0.919. The van der Waals surface area contributed by atoms with Gasteiger partial charge >= 0.3 is 5.97 Å². The van der Waals surface area contributed by atoms with Crippen LogP contribution in [0.25, 0.3) is 10.9 Å². The van der Waals surface area contributed by atoms with Gasteiger partial charge in [0.15, 0.2) is 0 Å². The van der Waals surface area contributed by atoms with Crippen LogP contribution in [-0.2, 0) is 15.2 Å². The van der Waals surface area contributed by atoms with Crippen molar-refractivity contribution in [3.8, 4) is 0 Å². The van der Waals surface area contributed by atoms with Crippen molar-refractivity contribution in [3.63, 3.8) is 0 Å². The van der Waals surface area contributed by atoms with Crippen molar-refractivity contribution in [2.75, 3.05) is 4.90 Å². The molecule has 11 nitrogen and oxygen atoms in total. The van der Waals surface area contributed by atoms with E-state index in [0.29, 0.717) is 11.2 Å². The van der Waals surface area contributed by atoms with Gasteiger partial charge in [-0.25, -0.2) is 9.78 Å². The summed E-state index contributed by atoms with van der Waals surface area (Å²) in [6.07, 6.45) is -3.22. The van der Waals surface area contributed by atoms with Gasteiger partial charge in [-0.15, -0.1) is 0 Å². The number of benzene rings is 2. The Kier molecular flexibility index (Phi) is 5.95. The Morgan fingerprint density at radius 1 is 1.08 bits per heavy atom. The monoisotopic (exact) mass is 522 g/mol. The number of rotatable bonds is 6. The molecule has 5 rings (SSSR count). The number of fused-ring (bicyclic) bond motifs is 4. The largest absolute Gasteiger partial charge is 0.480 e. The molecule has 1 aromatic heterocycles. The summed E-state index contributed by atoms with van der Waals surface area (Å²) in [5.41, 5.74) is -3.30. The zero-order valence-corrected chi connectivity index (χ0v) is 21.4. The summed E-state index contributed by atoms with van der Waals surface area (Å²) in [5.74, 6) is -2.47. The van der Waals surface area contributed by atoms with Gasteiger partial charge in [0.25, 0.3) is 11.5 Å². The summed E-state index contributed by atoms with van der Waals surface area (Å²) >= 11 is 0. The highest BCUT2D eigenvalue weighted by Crippen LogP contribution is 2.53. The number of aliphatic hydroxyl groups excluding tert-OH is 1. The van der Waals surface area contributed by atoms with Gasteiger partial charge in [-0.1, -0.05) is 44.2 Å². The second-order valence-corrected chi connectivity index (χ2v) is 10.8. The molecule has 11 heteroatoms. The third-order valence-electron chi connectivity index (χ3n) is 7.68. The lowest BCUT2D eigenvalue weighted by molar-refractivity contribution is -0.210. The number of hydroxylamine groups is 2. The third kappa shape index (κ3) is 3.50. The van der Waals surface area contributed by atoms with Crippen LogP contribution in [0.4, 0.5) is 5.69 Å². The van der Waals surface area contributed by atoms with E-state index in [0.717, 1.165) is 9.63 Å². The van der Waals surface area contributed by atoms with E-state index < -0.39 is 59.2 Å². The van der Waals surface area contributed by atoms with Crippen LogP contribution in [0.5, 0.6) is 0 Å². The van der Waals surface area contributed by atoms with Gasteiger partial charge in [0.2, 0.25) is 0 Å². The smallest absolute Gasteiger partial charge is 0.326 e. The van der Waals surface area contributed by atoms with Gasteiger partial charge in [-0.05, 0) is 38.0 Å². The Bertz CT molecular complexity index is 1520. The van der Waals surface area contributed by atoms with E-state index in [1.807, 2.05) is 0 Å². The summed E-state index contributed by atoms with van der Waals surface area (Å²) in [7, 11) is 0. The first-order valence-corrected chi connectivity index (χ1v) is 12.4. The Morgan fingerprint density at radius 3 is 2.37 bits per heavy atom. The lowest BCUT2D eigenvalue weighted by Crippen LogP contribution is -2.53. The number of anilines is 1. The number of carbonyl (C=O) groups is 2. The number of aliphatic carboxylic acids is 1. The highest BCUT2D eigenvalue weighted by molar-refractivity contribution is 6.04. The normalized spacial score (nSPS) is 24.1. The van der Waals surface area contributed by atoms with E-state index >= 15 is 0 Å². The molecule has 2 aromatic carbocycles. The molecular weight excluding hydrogens is 492 g/mol. The van der Waals surface area contributed by atoms with Crippen LogP contribution >= 0.6 is 0 Å². The van der Waals surface area contributed by atoms with Gasteiger partial charge in [-0.3, -0.25) is 19.1 Å². The van der Waals surface area contributed by atoms with Crippen LogP contribution in [0.1, 0.15) is 57.6 Å². The highest BCUT2D eigenvalue weighted by atomic mass is 16.5. The molecule has 0 spiro atoms. The van der Waals surface area contributed by atoms with Crippen molar-refractivity contribution < 1.29 is 30.1 Å². The van der Waals surface area contributed by atoms with Gasteiger partial charge < -0.3 is 20.5 Å². The molecule has 1 saturated heterocycles. The van der Waals surface area contributed by atoms with E-state index in [9.17, 15) is 34.9 Å². The Labute approximate surface area is 218 Å². The molecule has 4 N–H and O–H groups in total. The molecule has 3 aromatic rings. The molecule has 1 amide bonds. The quantitative estimate of drug-likeness (QED) is 0.381. The number of carboxylic acids is 1. The van der Waals surface area contributed by atoms with Crippen molar-refractivity contribution in [2.24, 2.45) is 5.92 Å². The van der Waals surface area contributed by atoms with Crippen molar-refractivity contribution in [1.29, 1.82) is 0 Å². The van der Waals surface area contributed by atoms with Crippen molar-refractivity contribution >= 4 is 28.5 Å². The maximum Gasteiger partial charge on any atom is 0.326 e. The topological polar surface area (TPSA) is 156 Å². The summed E-state index contributed by atoms with van der Waals surface area (Å²) in [6, 6.07) is 11.2. The molecule has 2 aliphatic heterocycles. The predicted octanol–water partition coefficient (Wildman–Crippen LogP) is 2.15. The molecule has 38 heavy (non-hydrogen) atoms. The van der Waals surface area contributed by atoms with Crippen LogP contribution in [-0.4, -0.2) is 58.7 Å². The molecule has 0 saturated carbocycles. The number of hydrogen-bond acceptors (Lipinski definition) is 8. The second-order valence-electron chi connectivity index (χ2n) is 10.8. The van der Waals surface area contributed by atoms with E-state index in [4.69, 9.17) is 0 Å². The molecule has 0 aliphatic carbocycles. The zero-order valence-electron chi connectivity index (χ0n) is 21.4. The SMILES string of the molecule is CC(C)[C@@H](O)c1nc2ccccc2c(=O)n1[C@@H](C[C@@]1(O)c2ccccc2N2C(=O)C(C)(C)N(O)[C@@H]21)C(=O)O.